The SMILES string of the molecule is CN=C(NCCS(=O)(=O)NCc1ccccc1)NCC1CCCS1.I. The fourth-order valence-corrected chi connectivity index (χ4v) is 4.50. The number of hydrogen-bond donors (Lipinski definition) is 3. The van der Waals surface area contributed by atoms with Crippen molar-refractivity contribution in [2.45, 2.75) is 24.6 Å². The zero-order chi connectivity index (χ0) is 17.3. The number of aliphatic imine (C=N–C) groups is 1. The fraction of sp³-hybridized carbons (Fsp3) is 0.562. The van der Waals surface area contributed by atoms with Crippen LogP contribution in [0.4, 0.5) is 0 Å². The Morgan fingerprint density at radius 3 is 2.68 bits per heavy atom. The van der Waals surface area contributed by atoms with Crippen LogP contribution in [0.3, 0.4) is 0 Å². The second-order valence-corrected chi connectivity index (χ2v) is 8.98. The molecule has 0 aliphatic carbocycles. The van der Waals surface area contributed by atoms with E-state index in [-0.39, 0.29) is 29.7 Å². The number of guanidine groups is 1. The van der Waals surface area contributed by atoms with Crippen LogP contribution in [0, 0.1) is 0 Å². The molecule has 0 amide bonds. The molecule has 0 aromatic heterocycles. The standard InChI is InChI=1S/C16H26N4O2S2.HI/c1-17-16(19-13-15-8-5-10-23-15)18-9-11-24(21,22)20-12-14-6-3-2-4-7-14;/h2-4,6-7,15,20H,5,8-13H2,1H3,(H2,17,18,19);1H. The van der Waals surface area contributed by atoms with Crippen LogP contribution < -0.4 is 15.4 Å². The first-order valence-corrected chi connectivity index (χ1v) is 10.9. The molecular formula is C16H27IN4O2S2. The Bertz CT molecular complexity index is 620. The highest BCUT2D eigenvalue weighted by molar-refractivity contribution is 14.0. The molecule has 0 radical (unpaired) electrons. The first-order chi connectivity index (χ1) is 11.6. The molecule has 9 heteroatoms. The lowest BCUT2D eigenvalue weighted by atomic mass is 10.2. The van der Waals surface area contributed by atoms with E-state index in [1.54, 1.807) is 7.05 Å². The summed E-state index contributed by atoms with van der Waals surface area (Å²) in [5.41, 5.74) is 0.945. The maximum Gasteiger partial charge on any atom is 0.213 e. The van der Waals surface area contributed by atoms with E-state index in [4.69, 9.17) is 0 Å². The fourth-order valence-electron chi connectivity index (χ4n) is 2.40. The summed E-state index contributed by atoms with van der Waals surface area (Å²) in [6, 6.07) is 9.48. The lowest BCUT2D eigenvalue weighted by Crippen LogP contribution is -2.42. The molecule has 1 atom stereocenters. The van der Waals surface area contributed by atoms with Crippen molar-refractivity contribution in [1.29, 1.82) is 0 Å². The maximum atomic E-state index is 12.0. The average molecular weight is 498 g/mol. The summed E-state index contributed by atoms with van der Waals surface area (Å²) in [5.74, 6) is 1.89. The minimum absolute atomic E-state index is 0. The van der Waals surface area contributed by atoms with Crippen molar-refractivity contribution < 1.29 is 8.42 Å². The number of halogens is 1. The molecule has 1 unspecified atom stereocenters. The third-order valence-electron chi connectivity index (χ3n) is 3.75. The summed E-state index contributed by atoms with van der Waals surface area (Å²) < 4.78 is 26.7. The van der Waals surface area contributed by atoms with Crippen LogP contribution in [-0.4, -0.2) is 51.3 Å². The molecule has 3 N–H and O–H groups in total. The predicted octanol–water partition coefficient (Wildman–Crippen LogP) is 1.78. The number of thioether (sulfide) groups is 1. The highest BCUT2D eigenvalue weighted by atomic mass is 127. The van der Waals surface area contributed by atoms with Gasteiger partial charge in [0.15, 0.2) is 5.96 Å². The van der Waals surface area contributed by atoms with Crippen LogP contribution in [0.5, 0.6) is 0 Å². The lowest BCUT2D eigenvalue weighted by Gasteiger charge is -2.15. The van der Waals surface area contributed by atoms with Gasteiger partial charge in [-0.1, -0.05) is 30.3 Å². The van der Waals surface area contributed by atoms with E-state index >= 15 is 0 Å². The molecule has 1 aromatic carbocycles. The average Bonchev–Trinajstić information content (AvgIpc) is 3.10. The van der Waals surface area contributed by atoms with E-state index < -0.39 is 10.0 Å². The van der Waals surface area contributed by atoms with Crippen molar-refractivity contribution in [2.24, 2.45) is 4.99 Å². The van der Waals surface area contributed by atoms with Gasteiger partial charge in [-0.3, -0.25) is 4.99 Å². The third-order valence-corrected chi connectivity index (χ3v) is 6.47. The van der Waals surface area contributed by atoms with Gasteiger partial charge >= 0.3 is 0 Å². The zero-order valence-electron chi connectivity index (χ0n) is 14.4. The van der Waals surface area contributed by atoms with Crippen molar-refractivity contribution in [3.63, 3.8) is 0 Å². The van der Waals surface area contributed by atoms with Gasteiger partial charge in [0.2, 0.25) is 10.0 Å². The minimum Gasteiger partial charge on any atom is -0.355 e. The second kappa shape index (κ2) is 12.0. The van der Waals surface area contributed by atoms with Gasteiger partial charge in [-0.2, -0.15) is 11.8 Å². The Labute approximate surface area is 172 Å². The molecule has 142 valence electrons. The molecule has 1 aliphatic rings. The summed E-state index contributed by atoms with van der Waals surface area (Å²) in [6.45, 7) is 1.50. The molecule has 1 fully saturated rings. The Morgan fingerprint density at radius 1 is 1.28 bits per heavy atom. The molecule has 1 heterocycles. The second-order valence-electron chi connectivity index (χ2n) is 5.64. The molecule has 2 rings (SSSR count). The van der Waals surface area contributed by atoms with E-state index in [2.05, 4.69) is 20.3 Å². The first-order valence-electron chi connectivity index (χ1n) is 8.16. The molecule has 1 saturated heterocycles. The summed E-state index contributed by atoms with van der Waals surface area (Å²) in [7, 11) is -1.62. The Morgan fingerprint density at radius 2 is 2.04 bits per heavy atom. The van der Waals surface area contributed by atoms with Crippen LogP contribution in [0.15, 0.2) is 35.3 Å². The first kappa shape index (κ1) is 22.5. The van der Waals surface area contributed by atoms with Gasteiger partial charge < -0.3 is 10.6 Å². The van der Waals surface area contributed by atoms with E-state index in [9.17, 15) is 8.42 Å². The minimum atomic E-state index is -3.31. The van der Waals surface area contributed by atoms with Crippen LogP contribution >= 0.6 is 35.7 Å². The summed E-state index contributed by atoms with van der Waals surface area (Å²) in [4.78, 5) is 4.13. The molecule has 0 bridgehead atoms. The van der Waals surface area contributed by atoms with Crippen LogP contribution in [0.25, 0.3) is 0 Å². The molecule has 25 heavy (non-hydrogen) atoms. The van der Waals surface area contributed by atoms with Gasteiger partial charge in [-0.05, 0) is 24.2 Å². The van der Waals surface area contributed by atoms with Gasteiger partial charge in [0, 0.05) is 31.9 Å². The van der Waals surface area contributed by atoms with Crippen LogP contribution in [0.2, 0.25) is 0 Å². The number of nitrogens with one attached hydrogen (secondary N) is 3. The number of hydrogen-bond acceptors (Lipinski definition) is 4. The van der Waals surface area contributed by atoms with Crippen molar-refractivity contribution in [3.8, 4) is 0 Å². The van der Waals surface area contributed by atoms with E-state index in [0.717, 1.165) is 12.1 Å². The van der Waals surface area contributed by atoms with Crippen LogP contribution in [-0.2, 0) is 16.6 Å². The largest absolute Gasteiger partial charge is 0.355 e. The predicted molar refractivity (Wildman–Crippen MR) is 117 cm³/mol. The highest BCUT2D eigenvalue weighted by Gasteiger charge is 2.16. The van der Waals surface area contributed by atoms with Gasteiger partial charge in [-0.25, -0.2) is 13.1 Å². The van der Waals surface area contributed by atoms with Crippen molar-refractivity contribution in [1.82, 2.24) is 15.4 Å². The number of rotatable bonds is 8. The Hall–Kier alpha value is -0.520. The molecule has 6 nitrogen and oxygen atoms in total. The van der Waals surface area contributed by atoms with Gasteiger partial charge in [0.1, 0.15) is 0 Å². The molecular weight excluding hydrogens is 471 g/mol. The van der Waals surface area contributed by atoms with Gasteiger partial charge in [-0.15, -0.1) is 24.0 Å². The number of benzene rings is 1. The lowest BCUT2D eigenvalue weighted by molar-refractivity contribution is 0.580. The topological polar surface area (TPSA) is 82.6 Å². The summed E-state index contributed by atoms with van der Waals surface area (Å²) in [6.07, 6.45) is 2.50. The Kier molecular flexibility index (Phi) is 10.8. The zero-order valence-corrected chi connectivity index (χ0v) is 18.4. The van der Waals surface area contributed by atoms with E-state index in [1.165, 1.54) is 18.6 Å². The summed E-state index contributed by atoms with van der Waals surface area (Å²) >= 11 is 1.98. The van der Waals surface area contributed by atoms with Crippen molar-refractivity contribution in [3.05, 3.63) is 35.9 Å². The normalized spacial score (nSPS) is 17.8. The highest BCUT2D eigenvalue weighted by Crippen LogP contribution is 2.25. The van der Waals surface area contributed by atoms with Crippen molar-refractivity contribution >= 4 is 51.7 Å². The quantitative estimate of drug-likeness (QED) is 0.289. The smallest absolute Gasteiger partial charge is 0.213 e. The molecule has 1 aliphatic heterocycles. The molecule has 0 saturated carbocycles. The number of nitrogens with zero attached hydrogens (tertiary/aromatic N) is 1. The molecule has 1 aromatic rings. The molecule has 0 spiro atoms. The third kappa shape index (κ3) is 9.11. The van der Waals surface area contributed by atoms with Crippen LogP contribution in [0.1, 0.15) is 18.4 Å². The Balaban J connectivity index is 0.00000312. The summed E-state index contributed by atoms with van der Waals surface area (Å²) in [5, 5.41) is 6.94. The maximum absolute atomic E-state index is 12.0. The monoisotopic (exact) mass is 498 g/mol. The van der Waals surface area contributed by atoms with Gasteiger partial charge in [0.05, 0.1) is 5.75 Å². The van der Waals surface area contributed by atoms with E-state index in [1.807, 2.05) is 42.1 Å². The van der Waals surface area contributed by atoms with E-state index in [0.29, 0.717) is 24.3 Å². The van der Waals surface area contributed by atoms with Gasteiger partial charge in [0.25, 0.3) is 0 Å². The van der Waals surface area contributed by atoms with Crippen molar-refractivity contribution in [2.75, 3.05) is 31.6 Å². The number of sulfonamides is 1.